The van der Waals surface area contributed by atoms with E-state index in [0.29, 0.717) is 19.7 Å². The van der Waals surface area contributed by atoms with Crippen molar-refractivity contribution in [3.63, 3.8) is 0 Å². The fourth-order valence-electron chi connectivity index (χ4n) is 1.97. The minimum Gasteiger partial charge on any atom is -0.450 e. The van der Waals surface area contributed by atoms with Gasteiger partial charge >= 0.3 is 17.9 Å². The third-order valence-corrected chi connectivity index (χ3v) is 3.08. The Bertz CT molecular complexity index is 543. The quantitative estimate of drug-likeness (QED) is 0.753. The molecule has 9 heteroatoms. The summed E-state index contributed by atoms with van der Waals surface area (Å²) in [4.78, 5) is 46.0. The van der Waals surface area contributed by atoms with E-state index in [1.54, 1.807) is 13.0 Å². The number of hydrogen-bond donors (Lipinski definition) is 1. The van der Waals surface area contributed by atoms with Crippen molar-refractivity contribution in [1.82, 2.24) is 19.8 Å². The van der Waals surface area contributed by atoms with Crippen molar-refractivity contribution < 1.29 is 19.1 Å². The molecule has 0 radical (unpaired) electrons. The minimum atomic E-state index is -0.796. The summed E-state index contributed by atoms with van der Waals surface area (Å²) in [5.74, 6) is -1.39. The second-order valence-corrected chi connectivity index (χ2v) is 4.50. The van der Waals surface area contributed by atoms with Gasteiger partial charge in [0.05, 0.1) is 6.61 Å². The summed E-state index contributed by atoms with van der Waals surface area (Å²) in [5, 5.41) is 2.34. The average Bonchev–Trinajstić information content (AvgIpc) is 2.55. The summed E-state index contributed by atoms with van der Waals surface area (Å²) in [7, 11) is 0. The van der Waals surface area contributed by atoms with Gasteiger partial charge in [-0.1, -0.05) is 0 Å². The first-order valence-corrected chi connectivity index (χ1v) is 6.90. The Balaban J connectivity index is 1.84. The molecule has 118 valence electrons. The summed E-state index contributed by atoms with van der Waals surface area (Å²) in [6.07, 6.45) is 2.52. The van der Waals surface area contributed by atoms with Crippen LogP contribution in [0.25, 0.3) is 0 Å². The predicted octanol–water partition coefficient (Wildman–Crippen LogP) is -0.284. The van der Waals surface area contributed by atoms with Crippen LogP contribution < -0.4 is 5.32 Å². The molecular weight excluding hydrogens is 290 g/mol. The number of rotatable bonds is 2. The second-order valence-electron chi connectivity index (χ2n) is 4.50. The lowest BCUT2D eigenvalue weighted by Gasteiger charge is -2.33. The van der Waals surface area contributed by atoms with Crippen LogP contribution in [0.5, 0.6) is 0 Å². The standard InChI is InChI=1S/C13H17N5O4/c1-2-22-13(21)18-8-6-17(7-9-18)11(20)10(19)16-12-14-4-3-5-15-12/h3-5H,2,6-9H2,1H3,(H,14,15,16,19). The molecule has 1 aromatic rings. The van der Waals surface area contributed by atoms with Crippen LogP contribution in [0, 0.1) is 0 Å². The predicted molar refractivity (Wildman–Crippen MR) is 75.8 cm³/mol. The van der Waals surface area contributed by atoms with Gasteiger partial charge < -0.3 is 14.5 Å². The van der Waals surface area contributed by atoms with Gasteiger partial charge in [-0.3, -0.25) is 14.9 Å². The number of hydrogen-bond acceptors (Lipinski definition) is 6. The fourth-order valence-corrected chi connectivity index (χ4v) is 1.97. The summed E-state index contributed by atoms with van der Waals surface area (Å²) in [5.41, 5.74) is 0. The molecule has 0 unspecified atom stereocenters. The highest BCUT2D eigenvalue weighted by atomic mass is 16.6. The maximum Gasteiger partial charge on any atom is 0.409 e. The fraction of sp³-hybridized carbons (Fsp3) is 0.462. The number of amides is 3. The maximum absolute atomic E-state index is 12.0. The molecule has 1 aliphatic heterocycles. The van der Waals surface area contributed by atoms with Crippen LogP contribution in [0.2, 0.25) is 0 Å². The van der Waals surface area contributed by atoms with Crippen molar-refractivity contribution in [3.8, 4) is 0 Å². The number of carbonyl (C=O) groups excluding carboxylic acids is 3. The Morgan fingerprint density at radius 1 is 1.14 bits per heavy atom. The van der Waals surface area contributed by atoms with E-state index in [1.807, 2.05) is 0 Å². The number of anilines is 1. The molecule has 9 nitrogen and oxygen atoms in total. The largest absolute Gasteiger partial charge is 0.450 e. The smallest absolute Gasteiger partial charge is 0.409 e. The first-order valence-electron chi connectivity index (χ1n) is 6.90. The number of ether oxygens (including phenoxy) is 1. The van der Waals surface area contributed by atoms with Gasteiger partial charge in [-0.2, -0.15) is 0 Å². The normalized spacial score (nSPS) is 14.4. The van der Waals surface area contributed by atoms with Gasteiger partial charge in [0.2, 0.25) is 5.95 Å². The van der Waals surface area contributed by atoms with Crippen LogP contribution in [0.3, 0.4) is 0 Å². The lowest BCUT2D eigenvalue weighted by molar-refractivity contribution is -0.144. The SMILES string of the molecule is CCOC(=O)N1CCN(C(=O)C(=O)Nc2ncccn2)CC1. The molecule has 0 saturated carbocycles. The number of nitrogens with zero attached hydrogens (tertiary/aromatic N) is 4. The van der Waals surface area contributed by atoms with E-state index in [2.05, 4.69) is 15.3 Å². The van der Waals surface area contributed by atoms with Crippen molar-refractivity contribution in [2.45, 2.75) is 6.92 Å². The van der Waals surface area contributed by atoms with Crippen LogP contribution >= 0.6 is 0 Å². The van der Waals surface area contributed by atoms with E-state index in [4.69, 9.17) is 4.74 Å². The molecule has 22 heavy (non-hydrogen) atoms. The Labute approximate surface area is 127 Å². The molecule has 0 bridgehead atoms. The van der Waals surface area contributed by atoms with Crippen molar-refractivity contribution in [2.75, 3.05) is 38.1 Å². The second kappa shape index (κ2) is 7.34. The Hall–Kier alpha value is -2.71. The molecule has 2 rings (SSSR count). The third kappa shape index (κ3) is 3.90. The van der Waals surface area contributed by atoms with Crippen LogP contribution in [0.15, 0.2) is 18.5 Å². The van der Waals surface area contributed by atoms with E-state index in [1.165, 1.54) is 22.2 Å². The van der Waals surface area contributed by atoms with Crippen LogP contribution in [0.4, 0.5) is 10.7 Å². The van der Waals surface area contributed by atoms with Gasteiger partial charge in [-0.25, -0.2) is 14.8 Å². The van der Waals surface area contributed by atoms with Gasteiger partial charge in [0.25, 0.3) is 0 Å². The van der Waals surface area contributed by atoms with E-state index in [-0.39, 0.29) is 19.0 Å². The van der Waals surface area contributed by atoms with Crippen LogP contribution in [-0.4, -0.2) is 70.5 Å². The van der Waals surface area contributed by atoms with Crippen molar-refractivity contribution >= 4 is 23.9 Å². The highest BCUT2D eigenvalue weighted by molar-refractivity contribution is 6.39. The zero-order chi connectivity index (χ0) is 15.9. The zero-order valence-corrected chi connectivity index (χ0v) is 12.2. The minimum absolute atomic E-state index is 0.0750. The monoisotopic (exact) mass is 307 g/mol. The lowest BCUT2D eigenvalue weighted by atomic mass is 10.3. The Morgan fingerprint density at radius 2 is 1.73 bits per heavy atom. The maximum atomic E-state index is 12.0. The average molecular weight is 307 g/mol. The molecule has 3 amide bonds. The molecule has 0 aromatic carbocycles. The van der Waals surface area contributed by atoms with Crippen LogP contribution in [-0.2, 0) is 14.3 Å². The number of piperazine rings is 1. The van der Waals surface area contributed by atoms with Crippen molar-refractivity contribution in [3.05, 3.63) is 18.5 Å². The van der Waals surface area contributed by atoms with Crippen molar-refractivity contribution in [1.29, 1.82) is 0 Å². The molecule has 1 fully saturated rings. The van der Waals surface area contributed by atoms with Crippen LogP contribution in [0.1, 0.15) is 6.92 Å². The molecule has 0 aliphatic carbocycles. The van der Waals surface area contributed by atoms with E-state index >= 15 is 0 Å². The molecule has 1 N–H and O–H groups in total. The summed E-state index contributed by atoms with van der Waals surface area (Å²) in [6.45, 7) is 3.26. The summed E-state index contributed by atoms with van der Waals surface area (Å²) >= 11 is 0. The molecular formula is C13H17N5O4. The molecule has 2 heterocycles. The van der Waals surface area contributed by atoms with Gasteiger partial charge in [0.15, 0.2) is 0 Å². The zero-order valence-electron chi connectivity index (χ0n) is 12.2. The van der Waals surface area contributed by atoms with E-state index in [9.17, 15) is 14.4 Å². The highest BCUT2D eigenvalue weighted by Gasteiger charge is 2.28. The topological polar surface area (TPSA) is 105 Å². The first kappa shape index (κ1) is 15.7. The van der Waals surface area contributed by atoms with Gasteiger partial charge in [0.1, 0.15) is 0 Å². The lowest BCUT2D eigenvalue weighted by Crippen LogP contribution is -2.53. The summed E-state index contributed by atoms with van der Waals surface area (Å²) in [6, 6.07) is 1.60. The first-order chi connectivity index (χ1) is 10.6. The van der Waals surface area contributed by atoms with E-state index < -0.39 is 17.9 Å². The number of aromatic nitrogens is 2. The third-order valence-electron chi connectivity index (χ3n) is 3.08. The molecule has 1 saturated heterocycles. The molecule has 1 aliphatic rings. The molecule has 0 atom stereocenters. The number of nitrogens with one attached hydrogen (secondary N) is 1. The van der Waals surface area contributed by atoms with Crippen molar-refractivity contribution in [2.24, 2.45) is 0 Å². The molecule has 0 spiro atoms. The van der Waals surface area contributed by atoms with Gasteiger partial charge in [-0.15, -0.1) is 0 Å². The van der Waals surface area contributed by atoms with E-state index in [0.717, 1.165) is 0 Å². The number of carbonyl (C=O) groups is 3. The summed E-state index contributed by atoms with van der Waals surface area (Å²) < 4.78 is 4.89. The Morgan fingerprint density at radius 3 is 2.32 bits per heavy atom. The Kier molecular flexibility index (Phi) is 5.23. The molecule has 1 aromatic heterocycles. The van der Waals surface area contributed by atoms with Gasteiger partial charge in [0, 0.05) is 38.6 Å². The van der Waals surface area contributed by atoms with Gasteiger partial charge in [-0.05, 0) is 13.0 Å². The highest BCUT2D eigenvalue weighted by Crippen LogP contribution is 2.05.